The molecule has 1 aliphatic heterocycles. The number of esters is 1. The van der Waals surface area contributed by atoms with E-state index in [1.807, 2.05) is 25.1 Å². The molecular weight excluding hydrogens is 571 g/mol. The van der Waals surface area contributed by atoms with Crippen LogP contribution in [-0.4, -0.2) is 33.9 Å². The quantitative estimate of drug-likeness (QED) is 0.229. The fourth-order valence-electron chi connectivity index (χ4n) is 3.81. The van der Waals surface area contributed by atoms with Gasteiger partial charge in [-0.3, -0.25) is 0 Å². The first-order chi connectivity index (χ1) is 17.3. The molecule has 1 unspecified atom stereocenters. The third-order valence-corrected chi connectivity index (χ3v) is 6.69. The van der Waals surface area contributed by atoms with Gasteiger partial charge in [-0.15, -0.1) is 0 Å². The molecule has 0 bridgehead atoms. The fourth-order valence-corrected chi connectivity index (χ4v) is 4.70. The summed E-state index contributed by atoms with van der Waals surface area (Å²) in [6, 6.07) is 8.39. The molecule has 36 heavy (non-hydrogen) atoms. The van der Waals surface area contributed by atoms with Crippen molar-refractivity contribution in [3.63, 3.8) is 0 Å². The standard InChI is InChI=1S/C25H23BrCl2N4O4/c1-4-8-35-24(33)21-14(3)31-25-29-13-30-32(25)22(21)16-10-17(26)23(20(11-16)34-5-2)36-12-15-6-7-18(27)19(28)9-15/h4,6-7,9-11,13,22H,1,5,8,12H2,2-3H3,(H,29,30,31). The van der Waals surface area contributed by atoms with E-state index in [2.05, 4.69) is 37.9 Å². The number of nitrogens with zero attached hydrogens (tertiary/aromatic N) is 3. The van der Waals surface area contributed by atoms with Gasteiger partial charge < -0.3 is 19.5 Å². The Kier molecular flexibility index (Phi) is 8.23. The van der Waals surface area contributed by atoms with E-state index in [9.17, 15) is 4.79 Å². The van der Waals surface area contributed by atoms with Crippen molar-refractivity contribution in [2.45, 2.75) is 26.5 Å². The van der Waals surface area contributed by atoms with Crippen molar-refractivity contribution in [1.82, 2.24) is 14.8 Å². The number of carbonyl (C=O) groups is 1. The minimum Gasteiger partial charge on any atom is -0.490 e. The Hall–Kier alpha value is -3.01. The van der Waals surface area contributed by atoms with Gasteiger partial charge in [0.15, 0.2) is 11.5 Å². The number of carbonyl (C=O) groups excluding carboxylic acids is 1. The first-order valence-electron chi connectivity index (χ1n) is 11.0. The first-order valence-corrected chi connectivity index (χ1v) is 12.6. The van der Waals surface area contributed by atoms with E-state index < -0.39 is 12.0 Å². The predicted octanol–water partition coefficient (Wildman–Crippen LogP) is 6.34. The lowest BCUT2D eigenvalue weighted by molar-refractivity contribution is -0.138. The van der Waals surface area contributed by atoms with Crippen LogP contribution in [0.2, 0.25) is 10.0 Å². The third-order valence-electron chi connectivity index (χ3n) is 5.36. The van der Waals surface area contributed by atoms with Crippen molar-refractivity contribution >= 4 is 51.0 Å². The van der Waals surface area contributed by atoms with Crippen molar-refractivity contribution in [2.75, 3.05) is 18.5 Å². The highest BCUT2D eigenvalue weighted by Crippen LogP contribution is 2.43. The molecule has 1 N–H and O–H groups in total. The molecule has 8 nitrogen and oxygen atoms in total. The highest BCUT2D eigenvalue weighted by Gasteiger charge is 2.35. The minimum absolute atomic E-state index is 0.0852. The zero-order valence-electron chi connectivity index (χ0n) is 19.6. The zero-order valence-corrected chi connectivity index (χ0v) is 22.7. The maximum Gasteiger partial charge on any atom is 0.338 e. The molecule has 1 aromatic heterocycles. The lowest BCUT2D eigenvalue weighted by Gasteiger charge is -2.29. The Morgan fingerprint density at radius 3 is 2.78 bits per heavy atom. The lowest BCUT2D eigenvalue weighted by atomic mass is 9.95. The van der Waals surface area contributed by atoms with Crippen LogP contribution in [0.4, 0.5) is 5.95 Å². The van der Waals surface area contributed by atoms with Crippen LogP contribution in [0, 0.1) is 0 Å². The maximum atomic E-state index is 13.0. The third kappa shape index (κ3) is 5.38. The second-order valence-corrected chi connectivity index (χ2v) is 9.45. The summed E-state index contributed by atoms with van der Waals surface area (Å²) >= 11 is 15.8. The highest BCUT2D eigenvalue weighted by atomic mass is 79.9. The number of ether oxygens (including phenoxy) is 3. The summed E-state index contributed by atoms with van der Waals surface area (Å²) in [4.78, 5) is 17.3. The molecule has 0 saturated heterocycles. The van der Waals surface area contributed by atoms with Crippen LogP contribution in [0.3, 0.4) is 0 Å². The van der Waals surface area contributed by atoms with Gasteiger partial charge in [0.05, 0.1) is 26.7 Å². The Morgan fingerprint density at radius 1 is 1.25 bits per heavy atom. The van der Waals surface area contributed by atoms with E-state index in [0.717, 1.165) is 11.1 Å². The Morgan fingerprint density at radius 2 is 2.06 bits per heavy atom. The van der Waals surface area contributed by atoms with Crippen molar-refractivity contribution in [3.05, 3.63) is 86.2 Å². The number of rotatable bonds is 9. The van der Waals surface area contributed by atoms with E-state index >= 15 is 0 Å². The molecule has 0 radical (unpaired) electrons. The average Bonchev–Trinajstić information content (AvgIpc) is 3.31. The molecule has 0 fully saturated rings. The van der Waals surface area contributed by atoms with Crippen molar-refractivity contribution in [2.24, 2.45) is 0 Å². The largest absolute Gasteiger partial charge is 0.490 e. The number of aromatic nitrogens is 3. The van der Waals surface area contributed by atoms with Gasteiger partial charge in [-0.2, -0.15) is 10.1 Å². The Balaban J connectivity index is 1.73. The van der Waals surface area contributed by atoms with Gasteiger partial charge >= 0.3 is 5.97 Å². The monoisotopic (exact) mass is 592 g/mol. The molecule has 0 spiro atoms. The van der Waals surface area contributed by atoms with Gasteiger partial charge in [0.1, 0.15) is 25.6 Å². The maximum absolute atomic E-state index is 13.0. The molecule has 0 saturated carbocycles. The summed E-state index contributed by atoms with van der Waals surface area (Å²) < 4.78 is 19.7. The fraction of sp³-hybridized carbons (Fsp3) is 0.240. The lowest BCUT2D eigenvalue weighted by Crippen LogP contribution is -2.29. The molecule has 1 aliphatic rings. The molecule has 2 heterocycles. The molecule has 4 rings (SSSR count). The Labute approximate surface area is 227 Å². The SMILES string of the molecule is C=CCOC(=O)C1=C(C)Nc2ncnn2C1c1cc(Br)c(OCc2ccc(Cl)c(Cl)c2)c(OCC)c1. The minimum atomic E-state index is -0.610. The second-order valence-electron chi connectivity index (χ2n) is 7.78. The number of allylic oxidation sites excluding steroid dienone is 1. The molecular formula is C25H23BrCl2N4O4. The van der Waals surface area contributed by atoms with Crippen molar-refractivity contribution in [3.8, 4) is 11.5 Å². The zero-order chi connectivity index (χ0) is 25.8. The first kappa shape index (κ1) is 26.1. The summed E-state index contributed by atoms with van der Waals surface area (Å²) in [6.45, 7) is 8.03. The average molecular weight is 594 g/mol. The number of benzene rings is 2. The van der Waals surface area contributed by atoms with Crippen molar-refractivity contribution in [1.29, 1.82) is 0 Å². The number of nitrogens with one attached hydrogen (secondary N) is 1. The molecule has 0 aliphatic carbocycles. The molecule has 2 aromatic carbocycles. The number of hydrogen-bond donors (Lipinski definition) is 1. The summed E-state index contributed by atoms with van der Waals surface area (Å²) in [6.07, 6.45) is 2.94. The van der Waals surface area contributed by atoms with E-state index in [1.54, 1.807) is 23.7 Å². The van der Waals surface area contributed by atoms with Crippen LogP contribution < -0.4 is 14.8 Å². The molecule has 3 aromatic rings. The van der Waals surface area contributed by atoms with Gasteiger partial charge in [0, 0.05) is 5.70 Å². The van der Waals surface area contributed by atoms with E-state index in [4.69, 9.17) is 37.4 Å². The van der Waals surface area contributed by atoms with Crippen LogP contribution in [0.15, 0.2) is 65.1 Å². The van der Waals surface area contributed by atoms with Crippen LogP contribution in [0.25, 0.3) is 0 Å². The smallest absolute Gasteiger partial charge is 0.338 e. The Bertz CT molecular complexity index is 1340. The molecule has 188 valence electrons. The van der Waals surface area contributed by atoms with Gasteiger partial charge in [-0.05, 0) is 65.2 Å². The van der Waals surface area contributed by atoms with Gasteiger partial charge in [0.2, 0.25) is 5.95 Å². The number of fused-ring (bicyclic) bond motifs is 1. The topological polar surface area (TPSA) is 87.5 Å². The van der Waals surface area contributed by atoms with Crippen LogP contribution in [0.5, 0.6) is 11.5 Å². The second kappa shape index (κ2) is 11.4. The number of hydrogen-bond acceptors (Lipinski definition) is 7. The predicted molar refractivity (Wildman–Crippen MR) is 142 cm³/mol. The van der Waals surface area contributed by atoms with Gasteiger partial charge in [-0.25, -0.2) is 9.48 Å². The van der Waals surface area contributed by atoms with Crippen molar-refractivity contribution < 1.29 is 19.0 Å². The van der Waals surface area contributed by atoms with Crippen LogP contribution >= 0.6 is 39.1 Å². The summed E-state index contributed by atoms with van der Waals surface area (Å²) in [5.41, 5.74) is 2.59. The van der Waals surface area contributed by atoms with E-state index in [-0.39, 0.29) is 13.2 Å². The van der Waals surface area contributed by atoms with E-state index in [1.165, 1.54) is 12.4 Å². The number of halogens is 3. The highest BCUT2D eigenvalue weighted by molar-refractivity contribution is 9.10. The van der Waals surface area contributed by atoms with Gasteiger partial charge in [0.25, 0.3) is 0 Å². The summed E-state index contributed by atoms with van der Waals surface area (Å²) in [7, 11) is 0. The van der Waals surface area contributed by atoms with Crippen LogP contribution in [0.1, 0.15) is 31.0 Å². The number of anilines is 1. The normalized spacial score (nSPS) is 14.6. The molecule has 11 heteroatoms. The summed E-state index contributed by atoms with van der Waals surface area (Å²) in [5.74, 6) is 1.03. The molecule has 0 amide bonds. The summed E-state index contributed by atoms with van der Waals surface area (Å²) in [5, 5.41) is 8.39. The van der Waals surface area contributed by atoms with Gasteiger partial charge in [-0.1, -0.05) is 41.9 Å². The van der Waals surface area contributed by atoms with E-state index in [0.29, 0.717) is 49.8 Å². The van der Waals surface area contributed by atoms with Crippen LogP contribution in [-0.2, 0) is 16.1 Å². The molecule has 1 atom stereocenters.